The summed E-state index contributed by atoms with van der Waals surface area (Å²) in [4.78, 5) is 4.50. The van der Waals surface area contributed by atoms with E-state index in [1.807, 2.05) is 30.3 Å². The second kappa shape index (κ2) is 9.11. The van der Waals surface area contributed by atoms with Gasteiger partial charge in [0.15, 0.2) is 9.84 Å². The van der Waals surface area contributed by atoms with Gasteiger partial charge in [0, 0.05) is 18.3 Å². The van der Waals surface area contributed by atoms with E-state index in [4.69, 9.17) is 15.2 Å². The molecule has 0 aliphatic heterocycles. The van der Waals surface area contributed by atoms with Crippen LogP contribution in [0.15, 0.2) is 59.8 Å². The van der Waals surface area contributed by atoms with Crippen molar-refractivity contribution in [3.05, 3.63) is 60.4 Å². The van der Waals surface area contributed by atoms with Crippen molar-refractivity contribution in [2.75, 3.05) is 19.5 Å². The van der Waals surface area contributed by atoms with Crippen LogP contribution >= 0.6 is 0 Å². The molecule has 3 aromatic heterocycles. The zero-order valence-electron chi connectivity index (χ0n) is 19.7. The van der Waals surface area contributed by atoms with Gasteiger partial charge in [-0.05, 0) is 26.3 Å². The molecule has 0 aliphatic rings. The zero-order valence-corrected chi connectivity index (χ0v) is 20.5. The Hall–Kier alpha value is -3.37. The first-order valence-electron chi connectivity index (χ1n) is 10.9. The summed E-state index contributed by atoms with van der Waals surface area (Å²) >= 11 is 0. The molecule has 0 amide bonds. The molecule has 4 aromatic rings. The highest BCUT2D eigenvalue weighted by molar-refractivity contribution is 7.92. The van der Waals surface area contributed by atoms with Crippen LogP contribution in [-0.2, 0) is 27.7 Å². The van der Waals surface area contributed by atoms with Crippen LogP contribution < -0.4 is 10.5 Å². The van der Waals surface area contributed by atoms with Gasteiger partial charge in [0.05, 0.1) is 43.5 Å². The molecule has 0 unspecified atom stereocenters. The minimum atomic E-state index is -3.67. The minimum Gasteiger partial charge on any atom is -0.495 e. The third-order valence-corrected chi connectivity index (χ3v) is 8.02. The first-order chi connectivity index (χ1) is 16.1. The number of benzene rings is 1. The number of aromatic nitrogens is 4. The van der Waals surface area contributed by atoms with Gasteiger partial charge in [0.25, 0.3) is 0 Å². The Labute approximate surface area is 199 Å². The molecule has 0 saturated carbocycles. The average molecular weight is 484 g/mol. The largest absolute Gasteiger partial charge is 0.495 e. The Kier molecular flexibility index (Phi) is 6.37. The van der Waals surface area contributed by atoms with E-state index in [1.54, 1.807) is 48.2 Å². The molecule has 0 radical (unpaired) electrons. The van der Waals surface area contributed by atoms with Crippen LogP contribution in [0.4, 0.5) is 5.82 Å². The molecule has 180 valence electrons. The Morgan fingerprint density at radius 3 is 2.53 bits per heavy atom. The second-order valence-corrected chi connectivity index (χ2v) is 11.6. The number of nitrogen functional groups attached to an aromatic ring is 1. The summed E-state index contributed by atoms with van der Waals surface area (Å²) in [6.07, 6.45) is 3.18. The highest BCUT2D eigenvalue weighted by Crippen LogP contribution is 2.34. The molecule has 9 nitrogen and oxygen atoms in total. The number of anilines is 1. The van der Waals surface area contributed by atoms with Crippen molar-refractivity contribution in [3.8, 4) is 17.1 Å². The first-order valence-corrected chi connectivity index (χ1v) is 12.4. The van der Waals surface area contributed by atoms with Gasteiger partial charge in [-0.1, -0.05) is 30.3 Å². The predicted molar refractivity (Wildman–Crippen MR) is 130 cm³/mol. The van der Waals surface area contributed by atoms with E-state index >= 15 is 0 Å². The van der Waals surface area contributed by atoms with E-state index in [0.717, 1.165) is 5.56 Å². The van der Waals surface area contributed by atoms with Gasteiger partial charge in [-0.25, -0.2) is 18.1 Å². The topological polar surface area (TPSA) is 114 Å². The summed E-state index contributed by atoms with van der Waals surface area (Å²) in [7, 11) is -2.22. The standard InChI is InChI=1S/C24H29N5O4S/c1-24(2,3)34(30,31)21-15-28-19(14-26-23(28)13-20(21)32-4)18-12-22(25)29(27-18)10-11-33-16-17-8-6-5-7-9-17/h5-9,12-15H,10-11,16,25H2,1-4H3. The maximum atomic E-state index is 13.2. The smallest absolute Gasteiger partial charge is 0.188 e. The highest BCUT2D eigenvalue weighted by Gasteiger charge is 2.34. The maximum absolute atomic E-state index is 13.2. The molecule has 10 heteroatoms. The zero-order chi connectivity index (χ0) is 24.5. The molecule has 0 bridgehead atoms. The monoisotopic (exact) mass is 483 g/mol. The number of nitrogens with two attached hydrogens (primary N) is 1. The number of hydrogen-bond acceptors (Lipinski definition) is 7. The molecule has 2 N–H and O–H groups in total. The van der Waals surface area contributed by atoms with Gasteiger partial charge in [-0.15, -0.1) is 0 Å². The lowest BCUT2D eigenvalue weighted by atomic mass is 10.2. The fourth-order valence-corrected chi connectivity index (χ4v) is 4.83. The van der Waals surface area contributed by atoms with Gasteiger partial charge in [-0.2, -0.15) is 5.10 Å². The van der Waals surface area contributed by atoms with E-state index < -0.39 is 14.6 Å². The van der Waals surface area contributed by atoms with Crippen molar-refractivity contribution in [1.82, 2.24) is 19.2 Å². The van der Waals surface area contributed by atoms with E-state index in [0.29, 0.717) is 42.6 Å². The fraction of sp³-hybridized carbons (Fsp3) is 0.333. The molecule has 0 fully saturated rings. The third kappa shape index (κ3) is 4.51. The average Bonchev–Trinajstić information content (AvgIpc) is 3.38. The number of rotatable bonds is 8. The van der Waals surface area contributed by atoms with Gasteiger partial charge in [0.2, 0.25) is 0 Å². The van der Waals surface area contributed by atoms with Crippen LogP contribution in [0, 0.1) is 0 Å². The Balaban J connectivity index is 1.61. The number of fused-ring (bicyclic) bond motifs is 1. The lowest BCUT2D eigenvalue weighted by molar-refractivity contribution is 0.111. The van der Waals surface area contributed by atoms with Crippen molar-refractivity contribution >= 4 is 21.3 Å². The summed E-state index contributed by atoms with van der Waals surface area (Å²) in [6, 6.07) is 13.3. The summed E-state index contributed by atoms with van der Waals surface area (Å²) in [5.41, 5.74) is 9.03. The normalized spacial score (nSPS) is 12.4. The highest BCUT2D eigenvalue weighted by atomic mass is 32.2. The van der Waals surface area contributed by atoms with Crippen molar-refractivity contribution in [2.45, 2.75) is 43.6 Å². The van der Waals surface area contributed by atoms with Crippen molar-refractivity contribution in [3.63, 3.8) is 0 Å². The van der Waals surface area contributed by atoms with E-state index in [-0.39, 0.29) is 10.6 Å². The number of imidazole rings is 1. The van der Waals surface area contributed by atoms with Gasteiger partial charge < -0.3 is 15.2 Å². The number of sulfone groups is 1. The van der Waals surface area contributed by atoms with Crippen LogP contribution in [0.3, 0.4) is 0 Å². The molecular weight excluding hydrogens is 454 g/mol. The number of methoxy groups -OCH3 is 1. The Bertz CT molecular complexity index is 1400. The molecule has 4 rings (SSSR count). The summed E-state index contributed by atoms with van der Waals surface area (Å²) < 4.78 is 39.8. The van der Waals surface area contributed by atoms with E-state index in [9.17, 15) is 8.42 Å². The molecule has 0 atom stereocenters. The Morgan fingerprint density at radius 2 is 1.85 bits per heavy atom. The number of hydrogen-bond donors (Lipinski definition) is 1. The molecule has 0 saturated heterocycles. The van der Waals surface area contributed by atoms with Crippen molar-refractivity contribution in [2.24, 2.45) is 0 Å². The van der Waals surface area contributed by atoms with Crippen LogP contribution in [0.25, 0.3) is 17.0 Å². The number of nitrogens with zero attached hydrogens (tertiary/aromatic N) is 4. The number of ether oxygens (including phenoxy) is 2. The van der Waals surface area contributed by atoms with Gasteiger partial charge in [0.1, 0.15) is 27.8 Å². The van der Waals surface area contributed by atoms with Gasteiger partial charge in [-0.3, -0.25) is 4.40 Å². The summed E-state index contributed by atoms with van der Waals surface area (Å²) in [6.45, 7) is 6.40. The number of pyridine rings is 1. The minimum absolute atomic E-state index is 0.0935. The maximum Gasteiger partial charge on any atom is 0.188 e. The van der Waals surface area contributed by atoms with Crippen LogP contribution in [0.1, 0.15) is 26.3 Å². The quantitative estimate of drug-likeness (QED) is 0.381. The van der Waals surface area contributed by atoms with Crippen LogP contribution in [0.2, 0.25) is 0 Å². The summed E-state index contributed by atoms with van der Waals surface area (Å²) in [5, 5.41) is 4.60. The fourth-order valence-electron chi connectivity index (χ4n) is 3.52. The predicted octanol–water partition coefficient (Wildman–Crippen LogP) is 3.58. The second-order valence-electron chi connectivity index (χ2n) is 8.91. The van der Waals surface area contributed by atoms with Crippen molar-refractivity contribution in [1.29, 1.82) is 0 Å². The molecule has 1 aromatic carbocycles. The molecule has 3 heterocycles. The molecule has 34 heavy (non-hydrogen) atoms. The third-order valence-electron chi connectivity index (χ3n) is 5.52. The van der Waals surface area contributed by atoms with E-state index in [2.05, 4.69) is 10.1 Å². The van der Waals surface area contributed by atoms with E-state index in [1.165, 1.54) is 13.3 Å². The SMILES string of the molecule is COc1cc2ncc(-c3cc(N)n(CCOCc4ccccc4)n3)n2cc1S(=O)(=O)C(C)(C)C. The molecular formula is C24H29N5O4S. The molecule has 0 aliphatic carbocycles. The van der Waals surface area contributed by atoms with Crippen molar-refractivity contribution < 1.29 is 17.9 Å². The Morgan fingerprint density at radius 1 is 1.12 bits per heavy atom. The molecule has 0 spiro atoms. The summed E-state index contributed by atoms with van der Waals surface area (Å²) in [5.74, 6) is 0.726. The lowest BCUT2D eigenvalue weighted by Crippen LogP contribution is -2.28. The van der Waals surface area contributed by atoms with Gasteiger partial charge >= 0.3 is 0 Å². The van der Waals surface area contributed by atoms with Crippen LogP contribution in [-0.4, -0.2) is 46.0 Å². The van der Waals surface area contributed by atoms with Crippen LogP contribution in [0.5, 0.6) is 5.75 Å². The first kappa shape index (κ1) is 23.8. The lowest BCUT2D eigenvalue weighted by Gasteiger charge is -2.21.